The van der Waals surface area contributed by atoms with Crippen molar-refractivity contribution in [3.05, 3.63) is 84.2 Å². The van der Waals surface area contributed by atoms with Crippen molar-refractivity contribution in [3.8, 4) is 0 Å². The number of pyridine rings is 1. The van der Waals surface area contributed by atoms with Gasteiger partial charge in [0, 0.05) is 36.7 Å². The summed E-state index contributed by atoms with van der Waals surface area (Å²) >= 11 is 0. The summed E-state index contributed by atoms with van der Waals surface area (Å²) in [7, 11) is 0. The largest absolute Gasteiger partial charge is 0.445 e. The van der Waals surface area contributed by atoms with Crippen molar-refractivity contribution >= 4 is 29.1 Å². The minimum Gasteiger partial charge on any atom is -0.445 e. The summed E-state index contributed by atoms with van der Waals surface area (Å²) in [6.07, 6.45) is 3.72. The SMILES string of the molecule is Nc1ccccc1NC(=O)c1ccc(N2CC[C@H](NC(=O)OCc3ccncc3)C2)cc1. The topological polar surface area (TPSA) is 110 Å². The summed E-state index contributed by atoms with van der Waals surface area (Å²) in [6, 6.07) is 18.2. The Morgan fingerprint density at radius 3 is 2.56 bits per heavy atom. The quantitative estimate of drug-likeness (QED) is 0.516. The number of carbonyl (C=O) groups excluding carboxylic acids is 2. The van der Waals surface area contributed by atoms with Gasteiger partial charge < -0.3 is 26.0 Å². The molecule has 32 heavy (non-hydrogen) atoms. The molecular formula is C24H25N5O3. The van der Waals surface area contributed by atoms with Crippen LogP contribution < -0.4 is 21.3 Å². The molecule has 0 unspecified atom stereocenters. The fourth-order valence-electron chi connectivity index (χ4n) is 3.58. The Kier molecular flexibility index (Phi) is 6.50. The third-order valence-corrected chi connectivity index (χ3v) is 5.33. The number of ether oxygens (including phenoxy) is 1. The van der Waals surface area contributed by atoms with Gasteiger partial charge in [-0.25, -0.2) is 4.79 Å². The first-order valence-corrected chi connectivity index (χ1v) is 10.4. The van der Waals surface area contributed by atoms with E-state index in [4.69, 9.17) is 10.5 Å². The minimum absolute atomic E-state index is 0.00368. The summed E-state index contributed by atoms with van der Waals surface area (Å²) in [5.74, 6) is -0.215. The van der Waals surface area contributed by atoms with Crippen LogP contribution in [0.2, 0.25) is 0 Å². The number of nitrogens with two attached hydrogens (primary N) is 1. The Hall–Kier alpha value is -4.07. The molecule has 1 aliphatic rings. The number of para-hydroxylation sites is 2. The maximum absolute atomic E-state index is 12.5. The standard InChI is InChI=1S/C24H25N5O3/c25-21-3-1-2-4-22(21)28-23(30)18-5-7-20(8-6-18)29-14-11-19(15-29)27-24(31)32-16-17-9-12-26-13-10-17/h1-10,12-13,19H,11,14-16,25H2,(H,27,31)(H,28,30)/t19-/m0/s1. The van der Waals surface area contributed by atoms with E-state index in [1.807, 2.05) is 36.4 Å². The van der Waals surface area contributed by atoms with Crippen LogP contribution >= 0.6 is 0 Å². The van der Waals surface area contributed by atoms with Gasteiger partial charge in [-0.15, -0.1) is 0 Å². The molecule has 0 bridgehead atoms. The zero-order valence-electron chi connectivity index (χ0n) is 17.5. The highest BCUT2D eigenvalue weighted by atomic mass is 16.5. The molecule has 1 saturated heterocycles. The maximum atomic E-state index is 12.5. The molecule has 0 saturated carbocycles. The van der Waals surface area contributed by atoms with Crippen molar-refractivity contribution in [3.63, 3.8) is 0 Å². The Balaban J connectivity index is 1.27. The molecule has 0 aliphatic carbocycles. The summed E-state index contributed by atoms with van der Waals surface area (Å²) in [5.41, 5.74) is 9.43. The first-order chi connectivity index (χ1) is 15.6. The lowest BCUT2D eigenvalue weighted by molar-refractivity contribution is 0.102. The van der Waals surface area contributed by atoms with E-state index in [1.165, 1.54) is 0 Å². The number of hydrogen-bond donors (Lipinski definition) is 3. The first-order valence-electron chi connectivity index (χ1n) is 10.4. The monoisotopic (exact) mass is 431 g/mol. The smallest absolute Gasteiger partial charge is 0.407 e. The average Bonchev–Trinajstić information content (AvgIpc) is 3.28. The second kappa shape index (κ2) is 9.82. The molecule has 8 nitrogen and oxygen atoms in total. The molecule has 1 aromatic heterocycles. The number of carbonyl (C=O) groups is 2. The number of rotatable bonds is 6. The third kappa shape index (κ3) is 5.34. The number of aromatic nitrogens is 1. The van der Waals surface area contributed by atoms with Gasteiger partial charge >= 0.3 is 6.09 Å². The molecule has 3 aromatic rings. The molecular weight excluding hydrogens is 406 g/mol. The van der Waals surface area contributed by atoms with E-state index in [1.54, 1.807) is 36.7 Å². The number of anilines is 3. The van der Waals surface area contributed by atoms with E-state index in [0.29, 0.717) is 23.5 Å². The highest BCUT2D eigenvalue weighted by Crippen LogP contribution is 2.22. The number of hydrogen-bond acceptors (Lipinski definition) is 6. The van der Waals surface area contributed by atoms with E-state index >= 15 is 0 Å². The lowest BCUT2D eigenvalue weighted by atomic mass is 10.1. The summed E-state index contributed by atoms with van der Waals surface area (Å²) in [4.78, 5) is 30.7. The predicted octanol–water partition coefficient (Wildman–Crippen LogP) is 3.42. The molecule has 0 spiro atoms. The van der Waals surface area contributed by atoms with Crippen LogP contribution in [0.4, 0.5) is 21.9 Å². The first kappa shape index (κ1) is 21.2. The summed E-state index contributed by atoms with van der Waals surface area (Å²) in [5, 5.41) is 5.74. The van der Waals surface area contributed by atoms with Crippen LogP contribution in [0.15, 0.2) is 73.1 Å². The Bertz CT molecular complexity index is 1070. The van der Waals surface area contributed by atoms with Crippen molar-refractivity contribution in [1.29, 1.82) is 0 Å². The molecule has 2 aromatic carbocycles. The zero-order chi connectivity index (χ0) is 22.3. The molecule has 4 N–H and O–H groups in total. The summed E-state index contributed by atoms with van der Waals surface area (Å²) in [6.45, 7) is 1.70. The number of benzene rings is 2. The van der Waals surface area contributed by atoms with E-state index in [9.17, 15) is 9.59 Å². The second-order valence-electron chi connectivity index (χ2n) is 7.60. The van der Waals surface area contributed by atoms with Gasteiger partial charge in [0.25, 0.3) is 5.91 Å². The van der Waals surface area contributed by atoms with Gasteiger partial charge in [0.2, 0.25) is 0 Å². The lowest BCUT2D eigenvalue weighted by Gasteiger charge is -2.19. The van der Waals surface area contributed by atoms with Gasteiger partial charge in [0.05, 0.1) is 17.4 Å². The van der Waals surface area contributed by atoms with E-state index < -0.39 is 6.09 Å². The maximum Gasteiger partial charge on any atom is 0.407 e. The number of alkyl carbamates (subject to hydrolysis) is 1. The normalized spacial score (nSPS) is 15.2. The molecule has 1 fully saturated rings. The highest BCUT2D eigenvalue weighted by molar-refractivity contribution is 6.05. The van der Waals surface area contributed by atoms with Gasteiger partial charge in [-0.05, 0) is 60.5 Å². The molecule has 2 heterocycles. The van der Waals surface area contributed by atoms with Crippen LogP contribution in [0.3, 0.4) is 0 Å². The van der Waals surface area contributed by atoms with E-state index in [2.05, 4.69) is 20.5 Å². The van der Waals surface area contributed by atoms with Crippen molar-refractivity contribution in [2.45, 2.75) is 19.1 Å². The molecule has 2 amide bonds. The highest BCUT2D eigenvalue weighted by Gasteiger charge is 2.24. The van der Waals surface area contributed by atoms with Crippen LogP contribution in [0.1, 0.15) is 22.3 Å². The molecule has 8 heteroatoms. The van der Waals surface area contributed by atoms with Crippen LogP contribution in [-0.4, -0.2) is 36.1 Å². The second-order valence-corrected chi connectivity index (χ2v) is 7.60. The molecule has 4 rings (SSSR count). The number of amides is 2. The lowest BCUT2D eigenvalue weighted by Crippen LogP contribution is -2.37. The van der Waals surface area contributed by atoms with Crippen molar-refractivity contribution < 1.29 is 14.3 Å². The fourth-order valence-corrected chi connectivity index (χ4v) is 3.58. The Labute approximate surface area is 186 Å². The average molecular weight is 431 g/mol. The molecule has 1 aliphatic heterocycles. The van der Waals surface area contributed by atoms with Gasteiger partial charge in [-0.2, -0.15) is 0 Å². The molecule has 1 atom stereocenters. The van der Waals surface area contributed by atoms with Gasteiger partial charge in [-0.1, -0.05) is 12.1 Å². The van der Waals surface area contributed by atoms with Crippen molar-refractivity contribution in [2.75, 3.05) is 29.0 Å². The Morgan fingerprint density at radius 2 is 1.81 bits per heavy atom. The van der Waals surface area contributed by atoms with Gasteiger partial charge in [0.15, 0.2) is 0 Å². The number of nitrogens with one attached hydrogen (secondary N) is 2. The predicted molar refractivity (Wildman–Crippen MR) is 123 cm³/mol. The van der Waals surface area contributed by atoms with Crippen molar-refractivity contribution in [1.82, 2.24) is 10.3 Å². The molecule has 164 valence electrons. The van der Waals surface area contributed by atoms with Crippen LogP contribution in [0, 0.1) is 0 Å². The Morgan fingerprint density at radius 1 is 1.06 bits per heavy atom. The zero-order valence-corrected chi connectivity index (χ0v) is 17.5. The third-order valence-electron chi connectivity index (χ3n) is 5.33. The minimum atomic E-state index is -0.430. The van der Waals surface area contributed by atoms with Gasteiger partial charge in [-0.3, -0.25) is 9.78 Å². The van der Waals surface area contributed by atoms with Crippen molar-refractivity contribution in [2.24, 2.45) is 0 Å². The van der Waals surface area contributed by atoms with Gasteiger partial charge in [0.1, 0.15) is 6.61 Å². The van der Waals surface area contributed by atoms with Crippen LogP contribution in [0.5, 0.6) is 0 Å². The number of nitrogen functional groups attached to an aromatic ring is 1. The number of nitrogens with zero attached hydrogens (tertiary/aromatic N) is 2. The summed E-state index contributed by atoms with van der Waals surface area (Å²) < 4.78 is 5.28. The van der Waals surface area contributed by atoms with Crippen LogP contribution in [-0.2, 0) is 11.3 Å². The van der Waals surface area contributed by atoms with E-state index in [0.717, 1.165) is 24.2 Å². The fraction of sp³-hybridized carbons (Fsp3) is 0.208. The van der Waals surface area contributed by atoms with E-state index in [-0.39, 0.29) is 18.6 Å². The molecule has 0 radical (unpaired) electrons. The van der Waals surface area contributed by atoms with Crippen LogP contribution in [0.25, 0.3) is 0 Å².